The van der Waals surface area contributed by atoms with Crippen LogP contribution in [0.4, 0.5) is 21.8 Å². The van der Waals surface area contributed by atoms with Crippen LogP contribution in [0.5, 0.6) is 0 Å². The van der Waals surface area contributed by atoms with Crippen molar-refractivity contribution in [2.24, 2.45) is 0 Å². The number of anilines is 3. The molecule has 3 aromatic rings. The van der Waals surface area contributed by atoms with Gasteiger partial charge in [0.05, 0.1) is 30.0 Å². The second-order valence-corrected chi connectivity index (χ2v) is 7.94. The van der Waals surface area contributed by atoms with Crippen molar-refractivity contribution in [2.75, 3.05) is 34.3 Å². The minimum absolute atomic E-state index is 0.202. The first-order chi connectivity index (χ1) is 14.6. The van der Waals surface area contributed by atoms with Crippen LogP contribution < -0.4 is 14.7 Å². The molecule has 2 aliphatic rings. The van der Waals surface area contributed by atoms with E-state index in [0.29, 0.717) is 50.1 Å². The highest BCUT2D eigenvalue weighted by Crippen LogP contribution is 2.30. The predicted molar refractivity (Wildman–Crippen MR) is 114 cm³/mol. The Morgan fingerprint density at radius 3 is 2.87 bits per heavy atom. The molecule has 1 N–H and O–H groups in total. The van der Waals surface area contributed by atoms with Gasteiger partial charge in [0.25, 0.3) is 0 Å². The zero-order valence-electron chi connectivity index (χ0n) is 16.0. The van der Waals surface area contributed by atoms with E-state index >= 15 is 0 Å². The van der Waals surface area contributed by atoms with Crippen molar-refractivity contribution in [3.8, 4) is 6.07 Å². The first kappa shape index (κ1) is 18.7. The maximum absolute atomic E-state index is 13.6. The standard InChI is InChI=1S/C20H19FN8S/c21-15-2-1-3-16(6-15)27-4-5-29(18(30)12-27)19-13(7-22)8-23-20(25-19)28-10-14-9-24-26-17(14)11-28/h1-3,6,8-9,18,30H,4-5,10-12H2,(H,24,26). The molecule has 1 aromatic carbocycles. The van der Waals surface area contributed by atoms with Crippen molar-refractivity contribution >= 4 is 30.1 Å². The predicted octanol–water partition coefficient (Wildman–Crippen LogP) is 2.31. The number of H-pyrrole nitrogens is 1. The molecule has 0 spiro atoms. The Balaban J connectivity index is 1.38. The quantitative estimate of drug-likeness (QED) is 0.626. The van der Waals surface area contributed by atoms with Gasteiger partial charge in [0.1, 0.15) is 17.4 Å². The third kappa shape index (κ3) is 3.31. The number of rotatable bonds is 3. The second-order valence-electron chi connectivity index (χ2n) is 7.35. The second kappa shape index (κ2) is 7.50. The molecule has 1 fully saturated rings. The first-order valence-corrected chi connectivity index (χ1v) is 10.1. The number of aromatic nitrogens is 4. The third-order valence-corrected chi connectivity index (χ3v) is 5.92. The summed E-state index contributed by atoms with van der Waals surface area (Å²) in [6.45, 7) is 3.19. The summed E-state index contributed by atoms with van der Waals surface area (Å²) >= 11 is 4.76. The number of thiol groups is 1. The minimum Gasteiger partial charge on any atom is -0.367 e. The van der Waals surface area contributed by atoms with Crippen molar-refractivity contribution in [2.45, 2.75) is 18.5 Å². The number of nitrogens with one attached hydrogen (secondary N) is 1. The van der Waals surface area contributed by atoms with E-state index < -0.39 is 0 Å². The van der Waals surface area contributed by atoms with Gasteiger partial charge in [-0.2, -0.15) is 28.0 Å². The van der Waals surface area contributed by atoms with Gasteiger partial charge in [-0.25, -0.2) is 9.37 Å². The lowest BCUT2D eigenvalue weighted by atomic mass is 10.2. The number of nitrogens with zero attached hydrogens (tertiary/aromatic N) is 7. The van der Waals surface area contributed by atoms with Crippen LogP contribution >= 0.6 is 12.6 Å². The Bertz CT molecular complexity index is 1110. The van der Waals surface area contributed by atoms with E-state index in [4.69, 9.17) is 17.6 Å². The van der Waals surface area contributed by atoms with E-state index in [0.717, 1.165) is 16.9 Å². The van der Waals surface area contributed by atoms with Crippen LogP contribution in [0.3, 0.4) is 0 Å². The van der Waals surface area contributed by atoms with Crippen molar-refractivity contribution in [1.29, 1.82) is 5.26 Å². The molecular weight excluding hydrogens is 403 g/mol. The average molecular weight is 422 g/mol. The summed E-state index contributed by atoms with van der Waals surface area (Å²) in [4.78, 5) is 15.3. The molecule has 8 nitrogen and oxygen atoms in total. The Labute approximate surface area is 178 Å². The molecule has 0 bridgehead atoms. The molecule has 2 aromatic heterocycles. The summed E-state index contributed by atoms with van der Waals surface area (Å²) in [5.41, 5.74) is 3.42. The Kier molecular flexibility index (Phi) is 4.67. The zero-order valence-corrected chi connectivity index (χ0v) is 16.9. The largest absolute Gasteiger partial charge is 0.367 e. The fraction of sp³-hybridized carbons (Fsp3) is 0.300. The maximum atomic E-state index is 13.6. The van der Waals surface area contributed by atoms with Gasteiger partial charge < -0.3 is 14.7 Å². The summed E-state index contributed by atoms with van der Waals surface area (Å²) in [6, 6.07) is 8.75. The lowest BCUT2D eigenvalue weighted by Crippen LogP contribution is -2.51. The van der Waals surface area contributed by atoms with Crippen molar-refractivity contribution in [1.82, 2.24) is 20.2 Å². The topological polar surface area (TPSA) is 88.0 Å². The van der Waals surface area contributed by atoms with Crippen LogP contribution in [0, 0.1) is 17.1 Å². The van der Waals surface area contributed by atoms with E-state index in [1.807, 2.05) is 22.1 Å². The molecule has 1 saturated heterocycles. The number of aromatic amines is 1. The zero-order chi connectivity index (χ0) is 20.7. The molecule has 2 aliphatic heterocycles. The monoisotopic (exact) mass is 422 g/mol. The van der Waals surface area contributed by atoms with Crippen molar-refractivity contribution in [3.63, 3.8) is 0 Å². The number of fused-ring (bicyclic) bond motifs is 1. The molecule has 1 atom stereocenters. The van der Waals surface area contributed by atoms with Gasteiger partial charge in [-0.1, -0.05) is 6.07 Å². The molecule has 30 heavy (non-hydrogen) atoms. The van der Waals surface area contributed by atoms with Crippen molar-refractivity contribution in [3.05, 3.63) is 59.3 Å². The number of halogens is 1. The maximum Gasteiger partial charge on any atom is 0.228 e. The van der Waals surface area contributed by atoms with Crippen LogP contribution in [-0.2, 0) is 13.1 Å². The molecule has 10 heteroatoms. The first-order valence-electron chi connectivity index (χ1n) is 9.61. The van der Waals surface area contributed by atoms with Gasteiger partial charge in [-0.05, 0) is 18.2 Å². The van der Waals surface area contributed by atoms with Crippen molar-refractivity contribution < 1.29 is 4.39 Å². The van der Waals surface area contributed by atoms with Crippen LogP contribution in [0.15, 0.2) is 36.7 Å². The number of hydrogen-bond donors (Lipinski definition) is 2. The number of piperazine rings is 1. The lowest BCUT2D eigenvalue weighted by Gasteiger charge is -2.41. The number of nitriles is 1. The fourth-order valence-corrected chi connectivity index (χ4v) is 4.36. The lowest BCUT2D eigenvalue weighted by molar-refractivity contribution is 0.608. The molecular formula is C20H19FN8S. The molecule has 5 rings (SSSR count). The highest BCUT2D eigenvalue weighted by Gasteiger charge is 2.30. The molecule has 0 aliphatic carbocycles. The number of benzene rings is 1. The highest BCUT2D eigenvalue weighted by molar-refractivity contribution is 7.81. The molecule has 1 unspecified atom stereocenters. The normalized spacial score (nSPS) is 18.4. The Morgan fingerprint density at radius 2 is 2.10 bits per heavy atom. The molecule has 152 valence electrons. The average Bonchev–Trinajstić information content (AvgIpc) is 3.36. The van der Waals surface area contributed by atoms with E-state index in [-0.39, 0.29) is 11.2 Å². The summed E-state index contributed by atoms with van der Waals surface area (Å²) in [5.74, 6) is 0.889. The Hall–Kier alpha value is -3.32. The SMILES string of the molecule is N#Cc1cnc(N2Cc3cn[nH]c3C2)nc1N1CCN(c2cccc(F)c2)CC1S. The smallest absolute Gasteiger partial charge is 0.228 e. The Morgan fingerprint density at radius 1 is 1.20 bits per heavy atom. The van der Waals surface area contributed by atoms with Crippen LogP contribution in [0.25, 0.3) is 0 Å². The van der Waals surface area contributed by atoms with Gasteiger partial charge >= 0.3 is 0 Å². The van der Waals surface area contributed by atoms with E-state index in [2.05, 4.69) is 26.2 Å². The van der Waals surface area contributed by atoms with Crippen LogP contribution in [0.2, 0.25) is 0 Å². The number of hydrogen-bond acceptors (Lipinski definition) is 8. The summed E-state index contributed by atoms with van der Waals surface area (Å²) in [6.07, 6.45) is 3.39. The molecule has 4 heterocycles. The third-order valence-electron chi connectivity index (χ3n) is 5.48. The van der Waals surface area contributed by atoms with Gasteiger partial charge in [0.15, 0.2) is 5.82 Å². The van der Waals surface area contributed by atoms with Crippen LogP contribution in [-0.4, -0.2) is 45.2 Å². The molecule has 0 radical (unpaired) electrons. The van der Waals surface area contributed by atoms with Gasteiger partial charge in [-0.3, -0.25) is 5.10 Å². The minimum atomic E-state index is -0.261. The summed E-state index contributed by atoms with van der Waals surface area (Å²) < 4.78 is 13.6. The summed E-state index contributed by atoms with van der Waals surface area (Å²) in [5, 5.41) is 16.4. The van der Waals surface area contributed by atoms with E-state index in [1.54, 1.807) is 12.3 Å². The van der Waals surface area contributed by atoms with Crippen LogP contribution in [0.1, 0.15) is 16.8 Å². The van der Waals surface area contributed by atoms with Gasteiger partial charge in [-0.15, -0.1) is 0 Å². The molecule has 0 amide bonds. The highest BCUT2D eigenvalue weighted by atomic mass is 32.1. The van der Waals surface area contributed by atoms with Gasteiger partial charge in [0.2, 0.25) is 5.95 Å². The fourth-order valence-electron chi connectivity index (χ4n) is 3.94. The van der Waals surface area contributed by atoms with Gasteiger partial charge in [0, 0.05) is 37.4 Å². The molecule has 0 saturated carbocycles. The summed E-state index contributed by atoms with van der Waals surface area (Å²) in [7, 11) is 0. The van der Waals surface area contributed by atoms with E-state index in [9.17, 15) is 9.65 Å². The van der Waals surface area contributed by atoms with E-state index in [1.165, 1.54) is 12.1 Å².